The summed E-state index contributed by atoms with van der Waals surface area (Å²) in [5, 5.41) is 0. The Morgan fingerprint density at radius 3 is 1.36 bits per heavy atom. The summed E-state index contributed by atoms with van der Waals surface area (Å²) in [5.74, 6) is 0.483. The molecule has 1 atom stereocenters. The molecular formula is C39H73NO2. The zero-order valence-electron chi connectivity index (χ0n) is 29.1. The summed E-state index contributed by atoms with van der Waals surface area (Å²) < 4.78 is 6.31. The van der Waals surface area contributed by atoms with Crippen molar-refractivity contribution in [2.24, 2.45) is 5.92 Å². The molecule has 0 radical (unpaired) electrons. The first-order chi connectivity index (χ1) is 20.5. The number of carbonyl (C=O) groups excluding carboxylic acids is 1. The van der Waals surface area contributed by atoms with E-state index in [0.29, 0.717) is 12.3 Å². The van der Waals surface area contributed by atoms with Gasteiger partial charge in [0, 0.05) is 6.42 Å². The second kappa shape index (κ2) is 32.6. The lowest BCUT2D eigenvalue weighted by molar-refractivity contribution is -0.153. The van der Waals surface area contributed by atoms with Crippen molar-refractivity contribution >= 4 is 5.97 Å². The predicted octanol–water partition coefficient (Wildman–Crippen LogP) is 12.2. The smallest absolute Gasteiger partial charge is 0.306 e. The van der Waals surface area contributed by atoms with E-state index in [-0.39, 0.29) is 12.1 Å². The van der Waals surface area contributed by atoms with E-state index in [1.165, 1.54) is 89.9 Å². The standard InChI is InChI=1S/C39H73NO2/c1-6-9-12-15-18-21-24-27-32-37(33-28-25-22-19-16-13-10-7-2)38(34-29-26-23-20-17-14-11-8-3)42-39(41)35-30-31-36-40(4)5/h18-23,37-38H,6-17,24-36H2,1-5H3/b21-18-,22-19-,23-20+. The van der Waals surface area contributed by atoms with E-state index in [9.17, 15) is 4.79 Å². The van der Waals surface area contributed by atoms with Gasteiger partial charge in [0.2, 0.25) is 0 Å². The Kier molecular flexibility index (Phi) is 31.5. The van der Waals surface area contributed by atoms with Gasteiger partial charge in [-0.25, -0.2) is 0 Å². The average Bonchev–Trinajstić information content (AvgIpc) is 2.97. The molecule has 0 amide bonds. The molecule has 246 valence electrons. The van der Waals surface area contributed by atoms with Crippen molar-refractivity contribution in [3.05, 3.63) is 36.5 Å². The van der Waals surface area contributed by atoms with Crippen molar-refractivity contribution in [2.45, 2.75) is 181 Å². The van der Waals surface area contributed by atoms with Gasteiger partial charge in [-0.05, 0) is 136 Å². The zero-order valence-corrected chi connectivity index (χ0v) is 29.1. The third-order valence-corrected chi connectivity index (χ3v) is 8.22. The molecule has 0 saturated carbocycles. The first kappa shape index (κ1) is 40.6. The fourth-order valence-electron chi connectivity index (χ4n) is 5.51. The zero-order chi connectivity index (χ0) is 30.9. The number of carbonyl (C=O) groups is 1. The van der Waals surface area contributed by atoms with Crippen molar-refractivity contribution in [1.82, 2.24) is 4.90 Å². The van der Waals surface area contributed by atoms with Crippen molar-refractivity contribution in [3.63, 3.8) is 0 Å². The average molecular weight is 588 g/mol. The Morgan fingerprint density at radius 2 is 0.952 bits per heavy atom. The number of ether oxygens (including phenoxy) is 1. The molecule has 0 aliphatic carbocycles. The topological polar surface area (TPSA) is 29.5 Å². The Bertz CT molecular complexity index is 625. The van der Waals surface area contributed by atoms with Crippen LogP contribution in [0.4, 0.5) is 0 Å². The van der Waals surface area contributed by atoms with E-state index in [0.717, 1.165) is 64.3 Å². The maximum Gasteiger partial charge on any atom is 0.306 e. The highest BCUT2D eigenvalue weighted by atomic mass is 16.5. The van der Waals surface area contributed by atoms with Gasteiger partial charge in [0.1, 0.15) is 6.10 Å². The van der Waals surface area contributed by atoms with Crippen LogP contribution in [0.3, 0.4) is 0 Å². The van der Waals surface area contributed by atoms with Crippen LogP contribution in [0.5, 0.6) is 0 Å². The second-order valence-electron chi connectivity index (χ2n) is 12.7. The van der Waals surface area contributed by atoms with Gasteiger partial charge >= 0.3 is 5.97 Å². The fraction of sp³-hybridized carbons (Fsp3) is 0.821. The molecule has 0 aliphatic heterocycles. The molecule has 0 aliphatic rings. The van der Waals surface area contributed by atoms with E-state index in [1.54, 1.807) is 0 Å². The van der Waals surface area contributed by atoms with Gasteiger partial charge in [-0.3, -0.25) is 4.79 Å². The highest BCUT2D eigenvalue weighted by molar-refractivity contribution is 5.69. The Morgan fingerprint density at radius 1 is 0.548 bits per heavy atom. The first-order valence-electron chi connectivity index (χ1n) is 18.3. The number of nitrogens with zero attached hydrogens (tertiary/aromatic N) is 1. The molecule has 3 heteroatoms. The van der Waals surface area contributed by atoms with Crippen LogP contribution in [-0.4, -0.2) is 37.6 Å². The number of unbranched alkanes of at least 4 members (excludes halogenated alkanes) is 13. The van der Waals surface area contributed by atoms with E-state index in [2.05, 4.69) is 76.2 Å². The van der Waals surface area contributed by atoms with Gasteiger partial charge in [0.25, 0.3) is 0 Å². The Hall–Kier alpha value is -1.35. The minimum atomic E-state index is 0.0190. The van der Waals surface area contributed by atoms with Gasteiger partial charge in [0.05, 0.1) is 0 Å². The molecule has 0 spiro atoms. The van der Waals surface area contributed by atoms with Gasteiger partial charge < -0.3 is 9.64 Å². The van der Waals surface area contributed by atoms with Crippen LogP contribution in [0.15, 0.2) is 36.5 Å². The summed E-state index contributed by atoms with van der Waals surface area (Å²) in [4.78, 5) is 15.2. The molecular weight excluding hydrogens is 514 g/mol. The number of hydrogen-bond acceptors (Lipinski definition) is 3. The SMILES string of the molecule is CCCCC/C=C\CCCC(CCC/C=C\CCCCC)C(CCC/C=C/CCCCC)OC(=O)CCCCN(C)C. The summed E-state index contributed by atoms with van der Waals surface area (Å²) in [7, 11) is 4.19. The van der Waals surface area contributed by atoms with E-state index in [1.807, 2.05) is 0 Å². The van der Waals surface area contributed by atoms with Gasteiger partial charge in [-0.1, -0.05) is 95.8 Å². The van der Waals surface area contributed by atoms with Crippen LogP contribution in [-0.2, 0) is 9.53 Å². The molecule has 0 N–H and O–H groups in total. The summed E-state index contributed by atoms with van der Waals surface area (Å²) in [6, 6.07) is 0. The maximum absolute atomic E-state index is 13.0. The van der Waals surface area contributed by atoms with Crippen LogP contribution < -0.4 is 0 Å². The van der Waals surface area contributed by atoms with Gasteiger partial charge in [-0.2, -0.15) is 0 Å². The molecule has 0 aromatic carbocycles. The summed E-state index contributed by atoms with van der Waals surface area (Å²) in [6.07, 6.45) is 42.4. The minimum Gasteiger partial charge on any atom is -0.462 e. The number of allylic oxidation sites excluding steroid dienone is 6. The lowest BCUT2D eigenvalue weighted by Crippen LogP contribution is -2.27. The molecule has 0 heterocycles. The lowest BCUT2D eigenvalue weighted by Gasteiger charge is -2.27. The first-order valence-corrected chi connectivity index (χ1v) is 18.3. The largest absolute Gasteiger partial charge is 0.462 e. The molecule has 42 heavy (non-hydrogen) atoms. The molecule has 3 nitrogen and oxygen atoms in total. The van der Waals surface area contributed by atoms with Crippen molar-refractivity contribution in [1.29, 1.82) is 0 Å². The summed E-state index contributed by atoms with van der Waals surface area (Å²) in [5.41, 5.74) is 0. The number of esters is 1. The van der Waals surface area contributed by atoms with Crippen LogP contribution in [0.25, 0.3) is 0 Å². The highest BCUT2D eigenvalue weighted by Crippen LogP contribution is 2.27. The summed E-state index contributed by atoms with van der Waals surface area (Å²) >= 11 is 0. The normalized spacial score (nSPS) is 13.0. The second-order valence-corrected chi connectivity index (χ2v) is 12.7. The Balaban J connectivity index is 5.13. The molecule has 0 bridgehead atoms. The molecule has 0 fully saturated rings. The van der Waals surface area contributed by atoms with E-state index in [4.69, 9.17) is 4.74 Å². The van der Waals surface area contributed by atoms with Crippen LogP contribution >= 0.6 is 0 Å². The van der Waals surface area contributed by atoms with Crippen LogP contribution in [0.1, 0.15) is 175 Å². The molecule has 0 rings (SSSR count). The molecule has 0 saturated heterocycles. The molecule has 0 aromatic rings. The minimum absolute atomic E-state index is 0.0190. The molecule has 0 aromatic heterocycles. The third kappa shape index (κ3) is 28.8. The monoisotopic (exact) mass is 588 g/mol. The van der Waals surface area contributed by atoms with Crippen molar-refractivity contribution in [2.75, 3.05) is 20.6 Å². The van der Waals surface area contributed by atoms with Gasteiger partial charge in [-0.15, -0.1) is 0 Å². The third-order valence-electron chi connectivity index (χ3n) is 8.22. The van der Waals surface area contributed by atoms with Gasteiger partial charge in [0.15, 0.2) is 0 Å². The fourth-order valence-corrected chi connectivity index (χ4v) is 5.51. The van der Waals surface area contributed by atoms with Crippen molar-refractivity contribution < 1.29 is 9.53 Å². The number of hydrogen-bond donors (Lipinski definition) is 0. The maximum atomic E-state index is 13.0. The van der Waals surface area contributed by atoms with Crippen molar-refractivity contribution in [3.8, 4) is 0 Å². The summed E-state index contributed by atoms with van der Waals surface area (Å²) in [6.45, 7) is 7.82. The lowest BCUT2D eigenvalue weighted by atomic mass is 9.87. The predicted molar refractivity (Wildman–Crippen MR) is 187 cm³/mol. The van der Waals surface area contributed by atoms with E-state index < -0.39 is 0 Å². The van der Waals surface area contributed by atoms with Crippen LogP contribution in [0.2, 0.25) is 0 Å². The van der Waals surface area contributed by atoms with E-state index >= 15 is 0 Å². The number of rotatable bonds is 31. The van der Waals surface area contributed by atoms with Crippen LogP contribution in [0, 0.1) is 5.92 Å². The highest BCUT2D eigenvalue weighted by Gasteiger charge is 2.24. The quantitative estimate of drug-likeness (QED) is 0.0459. The Labute approximate surface area is 264 Å². The molecule has 1 unspecified atom stereocenters.